The Balaban J connectivity index is 1.01. The molecule has 0 spiro atoms. The average molecular weight is 644 g/mol. The highest BCUT2D eigenvalue weighted by molar-refractivity contribution is 6.62. The Morgan fingerprint density at radius 3 is 1.72 bits per heavy atom. The summed E-state index contributed by atoms with van der Waals surface area (Å²) in [6.45, 7) is 12.5. The summed E-state index contributed by atoms with van der Waals surface area (Å²) in [5.41, 5.74) is 0.331. The molecule has 1 fully saturated rings. The first kappa shape index (κ1) is 35.9. The van der Waals surface area contributed by atoms with Crippen molar-refractivity contribution in [3.63, 3.8) is 0 Å². The zero-order chi connectivity index (χ0) is 32.8. The average Bonchev–Trinajstić information content (AvgIpc) is 3.26. The predicted molar refractivity (Wildman–Crippen MR) is 170 cm³/mol. The molecule has 12 heteroatoms. The van der Waals surface area contributed by atoms with Gasteiger partial charge in [0.2, 0.25) is 5.88 Å². The van der Waals surface area contributed by atoms with Gasteiger partial charge in [0.1, 0.15) is 6.61 Å². The van der Waals surface area contributed by atoms with Crippen LogP contribution in [-0.2, 0) is 39.6 Å². The van der Waals surface area contributed by atoms with Crippen molar-refractivity contribution < 1.29 is 46.5 Å². The third-order valence-corrected chi connectivity index (χ3v) is 7.74. The zero-order valence-corrected chi connectivity index (χ0v) is 27.1. The molecule has 0 aliphatic carbocycles. The van der Waals surface area contributed by atoms with Crippen LogP contribution in [-0.4, -0.2) is 89.4 Å². The topological polar surface area (TPSA) is 86.7 Å². The fourth-order valence-electron chi connectivity index (χ4n) is 4.41. The molecule has 1 aliphatic heterocycles. The molecule has 1 aromatic heterocycles. The number of benzene rings is 2. The van der Waals surface area contributed by atoms with Crippen LogP contribution in [0.15, 0.2) is 60.8 Å². The maximum absolute atomic E-state index is 15.1. The minimum Gasteiger partial charge on any atom is -0.475 e. The van der Waals surface area contributed by atoms with Crippen LogP contribution in [0.5, 0.6) is 5.88 Å². The molecule has 250 valence electrons. The van der Waals surface area contributed by atoms with E-state index in [1.807, 2.05) is 58.0 Å². The molecular formula is C34H44BF2NO8. The van der Waals surface area contributed by atoms with E-state index in [9.17, 15) is 0 Å². The Morgan fingerprint density at radius 2 is 1.17 bits per heavy atom. The molecule has 1 aliphatic rings. The first-order valence-corrected chi connectivity index (χ1v) is 15.5. The molecule has 0 unspecified atom stereocenters. The first-order valence-electron chi connectivity index (χ1n) is 15.5. The van der Waals surface area contributed by atoms with Gasteiger partial charge in [0.15, 0.2) is 11.6 Å². The van der Waals surface area contributed by atoms with Crippen LogP contribution in [0.25, 0.3) is 11.1 Å². The van der Waals surface area contributed by atoms with Crippen LogP contribution in [0.4, 0.5) is 8.78 Å². The summed E-state index contributed by atoms with van der Waals surface area (Å²) in [6, 6.07) is 16.2. The van der Waals surface area contributed by atoms with E-state index in [2.05, 4.69) is 4.98 Å². The van der Waals surface area contributed by atoms with Gasteiger partial charge in [-0.25, -0.2) is 13.8 Å². The van der Waals surface area contributed by atoms with Crippen molar-refractivity contribution >= 4 is 12.6 Å². The molecule has 0 N–H and O–H groups in total. The molecular weight excluding hydrogens is 599 g/mol. The SMILES string of the molecule is CC1(C)OB(c2ccc(-c3ccc(OCCOCCOCCOCCOCCOCc4ccccc4)nc3)c(F)c2F)OC1(C)C. The molecule has 0 bridgehead atoms. The van der Waals surface area contributed by atoms with E-state index in [1.54, 1.807) is 12.1 Å². The van der Waals surface area contributed by atoms with E-state index >= 15 is 8.78 Å². The monoisotopic (exact) mass is 643 g/mol. The van der Waals surface area contributed by atoms with E-state index < -0.39 is 30.0 Å². The number of aromatic nitrogens is 1. The van der Waals surface area contributed by atoms with Gasteiger partial charge in [0.05, 0.1) is 77.3 Å². The van der Waals surface area contributed by atoms with Crippen LogP contribution >= 0.6 is 0 Å². The minimum absolute atomic E-state index is 0.0181. The van der Waals surface area contributed by atoms with Crippen molar-refractivity contribution in [2.75, 3.05) is 66.1 Å². The zero-order valence-electron chi connectivity index (χ0n) is 27.1. The fraction of sp³-hybridized carbons (Fsp3) is 0.500. The Morgan fingerprint density at radius 1 is 0.630 bits per heavy atom. The smallest absolute Gasteiger partial charge is 0.475 e. The first-order chi connectivity index (χ1) is 22.2. The molecule has 1 saturated heterocycles. The normalized spacial score (nSPS) is 15.4. The second kappa shape index (κ2) is 17.8. The van der Waals surface area contributed by atoms with Gasteiger partial charge in [0.25, 0.3) is 0 Å². The van der Waals surface area contributed by atoms with Gasteiger partial charge in [0, 0.05) is 28.9 Å². The molecule has 0 radical (unpaired) electrons. The van der Waals surface area contributed by atoms with Crippen LogP contribution < -0.4 is 10.2 Å². The highest BCUT2D eigenvalue weighted by Crippen LogP contribution is 2.37. The quantitative estimate of drug-likeness (QED) is 0.125. The maximum Gasteiger partial charge on any atom is 0.497 e. The number of pyridine rings is 1. The van der Waals surface area contributed by atoms with Crippen molar-refractivity contribution in [1.29, 1.82) is 0 Å². The lowest BCUT2D eigenvalue weighted by atomic mass is 9.78. The standard InChI is InChI=1S/C34H44BF2NO8/c1-33(2)34(3,4)46-35(45-33)29-12-11-28(31(36)32(29)37)27-10-13-30(38-24-27)44-23-22-42-19-18-40-15-14-39-16-17-41-20-21-43-25-26-8-6-5-7-9-26/h5-13,24H,14-23,25H2,1-4H3. The maximum atomic E-state index is 15.1. The summed E-state index contributed by atoms with van der Waals surface area (Å²) < 4.78 is 75.0. The fourth-order valence-corrected chi connectivity index (χ4v) is 4.41. The van der Waals surface area contributed by atoms with Gasteiger partial charge < -0.3 is 37.7 Å². The molecule has 0 saturated carbocycles. The van der Waals surface area contributed by atoms with Gasteiger partial charge >= 0.3 is 7.12 Å². The highest BCUT2D eigenvalue weighted by atomic mass is 19.2. The van der Waals surface area contributed by atoms with Crippen molar-refractivity contribution in [1.82, 2.24) is 4.98 Å². The highest BCUT2D eigenvalue weighted by Gasteiger charge is 2.52. The number of nitrogens with zero attached hydrogens (tertiary/aromatic N) is 1. The lowest BCUT2D eigenvalue weighted by Gasteiger charge is -2.32. The molecule has 2 heterocycles. The summed E-state index contributed by atoms with van der Waals surface area (Å²) in [5, 5.41) is 0. The van der Waals surface area contributed by atoms with Crippen molar-refractivity contribution in [3.05, 3.63) is 78.0 Å². The van der Waals surface area contributed by atoms with Crippen molar-refractivity contribution in [2.24, 2.45) is 0 Å². The van der Waals surface area contributed by atoms with Gasteiger partial charge in [-0.1, -0.05) is 42.5 Å². The molecule has 0 amide bonds. The summed E-state index contributed by atoms with van der Waals surface area (Å²) in [6.07, 6.45) is 1.44. The summed E-state index contributed by atoms with van der Waals surface area (Å²) in [5.74, 6) is -1.65. The number of hydrogen-bond donors (Lipinski definition) is 0. The third kappa shape index (κ3) is 10.5. The third-order valence-electron chi connectivity index (χ3n) is 7.74. The van der Waals surface area contributed by atoms with Crippen LogP contribution in [0.2, 0.25) is 0 Å². The largest absolute Gasteiger partial charge is 0.497 e. The lowest BCUT2D eigenvalue weighted by molar-refractivity contribution is -0.0140. The Hall–Kier alpha value is -2.97. The number of hydrogen-bond acceptors (Lipinski definition) is 9. The van der Waals surface area contributed by atoms with E-state index in [1.165, 1.54) is 18.3 Å². The second-order valence-electron chi connectivity index (χ2n) is 11.6. The van der Waals surface area contributed by atoms with Gasteiger partial charge in [-0.3, -0.25) is 0 Å². The van der Waals surface area contributed by atoms with Gasteiger partial charge in [-0.15, -0.1) is 0 Å². The van der Waals surface area contributed by atoms with E-state index in [-0.39, 0.29) is 17.6 Å². The molecule has 2 aromatic carbocycles. The Bertz CT molecular complexity index is 1310. The molecule has 46 heavy (non-hydrogen) atoms. The summed E-state index contributed by atoms with van der Waals surface area (Å²) in [7, 11) is -0.997. The summed E-state index contributed by atoms with van der Waals surface area (Å²) >= 11 is 0. The van der Waals surface area contributed by atoms with Gasteiger partial charge in [-0.05, 0) is 39.3 Å². The molecule has 4 rings (SSSR count). The van der Waals surface area contributed by atoms with E-state index in [0.717, 1.165) is 5.56 Å². The Labute approximate surface area is 270 Å². The lowest BCUT2D eigenvalue weighted by Crippen LogP contribution is -2.41. The van der Waals surface area contributed by atoms with E-state index in [0.29, 0.717) is 77.5 Å². The number of halogens is 2. The predicted octanol–water partition coefficient (Wildman–Crippen LogP) is 4.99. The van der Waals surface area contributed by atoms with Crippen LogP contribution in [0, 0.1) is 11.6 Å². The number of rotatable bonds is 20. The van der Waals surface area contributed by atoms with Crippen molar-refractivity contribution in [3.8, 4) is 17.0 Å². The molecule has 3 aromatic rings. The molecule has 0 atom stereocenters. The number of ether oxygens (including phenoxy) is 6. The minimum atomic E-state index is -1.01. The second-order valence-corrected chi connectivity index (χ2v) is 11.6. The Kier molecular flexibility index (Phi) is 13.9. The molecule has 9 nitrogen and oxygen atoms in total. The van der Waals surface area contributed by atoms with Gasteiger partial charge in [-0.2, -0.15) is 0 Å². The van der Waals surface area contributed by atoms with Crippen molar-refractivity contribution in [2.45, 2.75) is 45.5 Å². The summed E-state index contributed by atoms with van der Waals surface area (Å²) in [4.78, 5) is 4.21. The van der Waals surface area contributed by atoms with Crippen LogP contribution in [0.1, 0.15) is 33.3 Å². The van der Waals surface area contributed by atoms with Crippen LogP contribution in [0.3, 0.4) is 0 Å². The van der Waals surface area contributed by atoms with E-state index in [4.69, 9.17) is 37.7 Å².